The van der Waals surface area contributed by atoms with E-state index < -0.39 is 42.3 Å². The van der Waals surface area contributed by atoms with Crippen molar-refractivity contribution in [1.29, 1.82) is 5.26 Å². The largest absolute Gasteiger partial charge is 0.399 e. The minimum absolute atomic E-state index is 0.0237. The van der Waals surface area contributed by atoms with Gasteiger partial charge >= 0.3 is 0 Å². The van der Waals surface area contributed by atoms with Gasteiger partial charge in [-0.15, -0.1) is 0 Å². The molecule has 13 heteroatoms. The highest BCUT2D eigenvalue weighted by Crippen LogP contribution is 2.30. The molecule has 1 heterocycles. The monoisotopic (exact) mass is 756 g/mol. The summed E-state index contributed by atoms with van der Waals surface area (Å²) < 4.78 is 12.0. The van der Waals surface area contributed by atoms with Crippen molar-refractivity contribution < 1.29 is 28.7 Å². The quantitative estimate of drug-likeness (QED) is 0.158. The summed E-state index contributed by atoms with van der Waals surface area (Å²) >= 11 is 0. The highest BCUT2D eigenvalue weighted by Gasteiger charge is 2.43. The number of carbonyl (C=O) groups excluding carboxylic acids is 4. The van der Waals surface area contributed by atoms with E-state index in [-0.39, 0.29) is 60.3 Å². The normalized spacial score (nSPS) is 19.0. The van der Waals surface area contributed by atoms with E-state index in [0.29, 0.717) is 25.1 Å². The number of hydrogen-bond donors (Lipinski definition) is 3. The lowest BCUT2D eigenvalue weighted by Crippen LogP contribution is -2.59. The number of likely N-dealkylation sites (tertiary alicyclic amines) is 1. The zero-order chi connectivity index (χ0) is 40.9. The number of nitrogens with one attached hydrogen (secondary N) is 2. The third-order valence-corrected chi connectivity index (χ3v) is 11.1. The molecule has 0 spiro atoms. The van der Waals surface area contributed by atoms with Gasteiger partial charge in [-0.3, -0.25) is 24.1 Å². The minimum atomic E-state index is -0.764. The molecule has 4 N–H and O–H groups in total. The molecule has 9 atom stereocenters. The average molecular weight is 756 g/mol. The Bertz CT molecular complexity index is 1410. The molecule has 1 aromatic carbocycles. The maximum Gasteiger partial charge on any atom is 0.245 e. The van der Waals surface area contributed by atoms with Gasteiger partial charge in [-0.2, -0.15) is 5.26 Å². The van der Waals surface area contributed by atoms with Crippen LogP contribution in [0.15, 0.2) is 24.3 Å². The van der Waals surface area contributed by atoms with Crippen LogP contribution in [-0.2, 0) is 35.1 Å². The van der Waals surface area contributed by atoms with Crippen molar-refractivity contribution in [3.05, 3.63) is 29.8 Å². The van der Waals surface area contributed by atoms with E-state index in [1.165, 1.54) is 0 Å². The third-order valence-electron chi connectivity index (χ3n) is 11.1. The van der Waals surface area contributed by atoms with Crippen LogP contribution in [0.4, 0.5) is 5.69 Å². The number of carbonyl (C=O) groups is 4. The second-order valence-electron chi connectivity index (χ2n) is 16.0. The van der Waals surface area contributed by atoms with Crippen LogP contribution in [0.5, 0.6) is 0 Å². The molecule has 4 amide bonds. The molecule has 1 fully saturated rings. The first-order chi connectivity index (χ1) is 25.4. The summed E-state index contributed by atoms with van der Waals surface area (Å²) in [5.41, 5.74) is 7.48. The topological polar surface area (TPSA) is 170 Å². The van der Waals surface area contributed by atoms with Crippen molar-refractivity contribution in [2.75, 3.05) is 47.6 Å². The number of hydrogen-bond acceptors (Lipinski definition) is 9. The first-order valence-corrected chi connectivity index (χ1v) is 19.5. The smallest absolute Gasteiger partial charge is 0.245 e. The Morgan fingerprint density at radius 3 is 2.19 bits per heavy atom. The van der Waals surface area contributed by atoms with E-state index in [1.807, 2.05) is 78.7 Å². The summed E-state index contributed by atoms with van der Waals surface area (Å²) in [6.45, 7) is 14.2. The molecule has 0 radical (unpaired) electrons. The molecule has 1 aliphatic rings. The van der Waals surface area contributed by atoms with Gasteiger partial charge in [0.05, 0.1) is 55.2 Å². The first-order valence-electron chi connectivity index (χ1n) is 19.5. The van der Waals surface area contributed by atoms with Gasteiger partial charge in [0.25, 0.3) is 0 Å². The maximum atomic E-state index is 14.2. The molecule has 1 aliphatic heterocycles. The summed E-state index contributed by atoms with van der Waals surface area (Å²) in [4.78, 5) is 60.8. The number of anilines is 1. The summed E-state index contributed by atoms with van der Waals surface area (Å²) in [6, 6.07) is 7.17. The molecule has 2 rings (SSSR count). The van der Waals surface area contributed by atoms with E-state index in [2.05, 4.69) is 16.7 Å². The summed E-state index contributed by atoms with van der Waals surface area (Å²) in [5, 5.41) is 15.6. The lowest BCUT2D eigenvalue weighted by atomic mass is 9.89. The molecule has 304 valence electrons. The highest BCUT2D eigenvalue weighted by molar-refractivity contribution is 5.90. The minimum Gasteiger partial charge on any atom is -0.399 e. The van der Waals surface area contributed by atoms with Gasteiger partial charge in [-0.1, -0.05) is 67.0 Å². The van der Waals surface area contributed by atoms with Crippen LogP contribution < -0.4 is 16.4 Å². The van der Waals surface area contributed by atoms with Crippen molar-refractivity contribution in [1.82, 2.24) is 25.3 Å². The lowest BCUT2D eigenvalue weighted by molar-refractivity contribution is -0.148. The summed E-state index contributed by atoms with van der Waals surface area (Å²) in [5.74, 6) is -1.61. The van der Waals surface area contributed by atoms with Crippen LogP contribution in [0.3, 0.4) is 0 Å². The third kappa shape index (κ3) is 12.4. The molecule has 0 aromatic heterocycles. The van der Waals surface area contributed by atoms with Gasteiger partial charge in [-0.05, 0) is 68.8 Å². The number of likely N-dealkylation sites (N-methyl/N-ethyl adjacent to an activating group) is 2. The molecule has 1 aromatic rings. The van der Waals surface area contributed by atoms with Gasteiger partial charge < -0.3 is 35.6 Å². The summed E-state index contributed by atoms with van der Waals surface area (Å²) in [7, 11) is 8.56. The van der Waals surface area contributed by atoms with E-state index >= 15 is 0 Å². The molecule has 0 bridgehead atoms. The number of amides is 4. The highest BCUT2D eigenvalue weighted by atomic mass is 16.5. The maximum absolute atomic E-state index is 14.2. The van der Waals surface area contributed by atoms with Crippen molar-refractivity contribution in [3.63, 3.8) is 0 Å². The predicted octanol–water partition coefficient (Wildman–Crippen LogP) is 3.86. The molecule has 13 nitrogen and oxygen atoms in total. The fourth-order valence-corrected chi connectivity index (χ4v) is 8.03. The number of nitriles is 1. The first kappa shape index (κ1) is 46.4. The van der Waals surface area contributed by atoms with E-state index in [9.17, 15) is 24.4 Å². The molecule has 0 unspecified atom stereocenters. The van der Waals surface area contributed by atoms with Crippen molar-refractivity contribution in [2.45, 2.75) is 129 Å². The van der Waals surface area contributed by atoms with Crippen molar-refractivity contribution >= 4 is 29.3 Å². The van der Waals surface area contributed by atoms with Crippen LogP contribution >= 0.6 is 0 Å². The van der Waals surface area contributed by atoms with Gasteiger partial charge in [0.15, 0.2) is 0 Å². The fraction of sp³-hybridized carbons (Fsp3) is 0.732. The van der Waals surface area contributed by atoms with Gasteiger partial charge in [-0.25, -0.2) is 0 Å². The van der Waals surface area contributed by atoms with Gasteiger partial charge in [0, 0.05) is 39.5 Å². The standard InChI is InChI=1S/C41H69N7O6/c1-13-27(6)37(47(10)41(52)35(25(2)3)45-40(51)36(26(4)5)46(8)9)33(53-11)24-34(49)48-21-15-18-32(48)38(54-12)28(7)39(50)44-31(19-20-42)23-29-16-14-17-30(43)22-29/h14,16-17,22,25-28,31-33,35-38H,13,15,18-19,21,23-24,43H2,1-12H3,(H,44,50)(H,45,51)/t27-,28+,31+,32-,33+,35-,36-,37-,38+/m0/s1. The number of methoxy groups -OCH3 is 2. The summed E-state index contributed by atoms with van der Waals surface area (Å²) in [6.07, 6.45) is 1.54. The molecular formula is C41H69N7O6. The number of benzene rings is 1. The van der Waals surface area contributed by atoms with E-state index in [0.717, 1.165) is 18.4 Å². The molecule has 0 saturated carbocycles. The van der Waals surface area contributed by atoms with Gasteiger partial charge in [0.2, 0.25) is 23.6 Å². The number of nitrogens with zero attached hydrogens (tertiary/aromatic N) is 4. The Balaban J connectivity index is 2.27. The Hall–Kier alpha value is -3.73. The zero-order valence-corrected chi connectivity index (χ0v) is 34.9. The van der Waals surface area contributed by atoms with Crippen LogP contribution in [0, 0.1) is 35.0 Å². The second kappa shape index (κ2) is 22.0. The van der Waals surface area contributed by atoms with E-state index in [1.54, 1.807) is 44.1 Å². The molecule has 1 saturated heterocycles. The van der Waals surface area contributed by atoms with Crippen LogP contribution in [0.2, 0.25) is 0 Å². The number of nitrogens with two attached hydrogens (primary N) is 1. The van der Waals surface area contributed by atoms with Gasteiger partial charge in [0.1, 0.15) is 6.04 Å². The number of ether oxygens (including phenoxy) is 2. The van der Waals surface area contributed by atoms with Crippen LogP contribution in [-0.4, -0.2) is 123 Å². The second-order valence-corrected chi connectivity index (χ2v) is 16.0. The predicted molar refractivity (Wildman–Crippen MR) is 212 cm³/mol. The zero-order valence-electron chi connectivity index (χ0n) is 34.9. The number of nitrogen functional groups attached to an aromatic ring is 1. The fourth-order valence-electron chi connectivity index (χ4n) is 8.03. The lowest BCUT2D eigenvalue weighted by Gasteiger charge is -2.41. The Kier molecular flexibility index (Phi) is 18.9. The van der Waals surface area contributed by atoms with Crippen molar-refractivity contribution in [3.8, 4) is 6.07 Å². The Morgan fingerprint density at radius 2 is 1.67 bits per heavy atom. The van der Waals surface area contributed by atoms with Crippen LogP contribution in [0.1, 0.15) is 86.1 Å². The number of rotatable bonds is 21. The Labute approximate surface area is 324 Å². The molecular weight excluding hydrogens is 686 g/mol. The van der Waals surface area contributed by atoms with Crippen molar-refractivity contribution in [2.24, 2.45) is 23.7 Å². The SMILES string of the molecule is CC[C@H](C)[C@@H]([C@@H](CC(=O)N1CCC[C@H]1[C@H](OC)[C@@H](C)C(=O)N[C@H](CC#N)Cc1cccc(N)c1)OC)N(C)C(=O)[C@@H](NC(=O)[C@H](C(C)C)N(C)C)C(C)C. The molecule has 54 heavy (non-hydrogen) atoms. The Morgan fingerprint density at radius 1 is 1.00 bits per heavy atom. The average Bonchev–Trinajstić information content (AvgIpc) is 3.59. The van der Waals surface area contributed by atoms with Crippen LogP contribution in [0.25, 0.3) is 0 Å². The molecule has 0 aliphatic carbocycles. The van der Waals surface area contributed by atoms with E-state index in [4.69, 9.17) is 15.2 Å².